The van der Waals surface area contributed by atoms with Gasteiger partial charge in [0.25, 0.3) is 5.91 Å². The molecule has 0 bridgehead atoms. The lowest BCUT2D eigenvalue weighted by atomic mass is 9.88. The van der Waals surface area contributed by atoms with Gasteiger partial charge in [-0.2, -0.15) is 0 Å². The van der Waals surface area contributed by atoms with Gasteiger partial charge in [0, 0.05) is 43.2 Å². The molecule has 6 nitrogen and oxygen atoms in total. The molecule has 2 heterocycles. The largest absolute Gasteiger partial charge is 0.361 e. The molecule has 0 saturated carbocycles. The molecule has 1 atom stereocenters. The quantitative estimate of drug-likeness (QED) is 0.555. The highest BCUT2D eigenvalue weighted by atomic mass is 16.5. The maximum Gasteiger partial charge on any atom is 0.254 e. The molecule has 32 heavy (non-hydrogen) atoms. The first-order valence-corrected chi connectivity index (χ1v) is 11.3. The lowest BCUT2D eigenvalue weighted by molar-refractivity contribution is -0.141. The summed E-state index contributed by atoms with van der Waals surface area (Å²) in [7, 11) is 0. The molecule has 1 saturated heterocycles. The number of nitrogens with zero attached hydrogens (tertiary/aromatic N) is 3. The fraction of sp³-hybridized carbons (Fsp3) is 0.346. The van der Waals surface area contributed by atoms with E-state index in [1.54, 1.807) is 17.0 Å². The first-order chi connectivity index (χ1) is 15.6. The predicted octanol–water partition coefficient (Wildman–Crippen LogP) is 4.43. The molecule has 1 aliphatic heterocycles. The van der Waals surface area contributed by atoms with Gasteiger partial charge in [-0.3, -0.25) is 9.59 Å². The van der Waals surface area contributed by atoms with Crippen molar-refractivity contribution in [2.75, 3.05) is 19.6 Å². The summed E-state index contributed by atoms with van der Waals surface area (Å²) in [4.78, 5) is 30.9. The zero-order valence-electron chi connectivity index (χ0n) is 18.7. The summed E-state index contributed by atoms with van der Waals surface area (Å²) in [6, 6.07) is 20.9. The standard InChI is InChI=1S/C26H29N3O3/c1-3-28(4-2)25(31)26(16-11-17-29(26)24(30)21-14-9-6-10-15-21)19-22-18-23(27-32-22)20-12-7-5-8-13-20/h5-10,12-15,18H,3-4,11,16-17,19H2,1-2H3/t26-/m1/s1. The Bertz CT molecular complexity index is 1060. The molecule has 0 aliphatic carbocycles. The van der Waals surface area contributed by atoms with Crippen LogP contribution in [0.1, 0.15) is 42.8 Å². The van der Waals surface area contributed by atoms with Crippen LogP contribution >= 0.6 is 0 Å². The molecule has 2 aromatic carbocycles. The van der Waals surface area contributed by atoms with Crippen LogP contribution in [-0.2, 0) is 11.2 Å². The van der Waals surface area contributed by atoms with Crippen molar-refractivity contribution < 1.29 is 14.1 Å². The third kappa shape index (κ3) is 4.05. The SMILES string of the molecule is CCN(CC)C(=O)[C@]1(Cc2cc(-c3ccccc3)no2)CCCN1C(=O)c1ccccc1. The zero-order chi connectivity index (χ0) is 22.6. The van der Waals surface area contributed by atoms with E-state index in [0.29, 0.717) is 43.8 Å². The van der Waals surface area contributed by atoms with Crippen LogP contribution < -0.4 is 0 Å². The normalized spacial score (nSPS) is 18.0. The molecule has 6 heteroatoms. The van der Waals surface area contributed by atoms with Gasteiger partial charge in [-0.1, -0.05) is 53.7 Å². The second-order valence-corrected chi connectivity index (χ2v) is 8.16. The Morgan fingerprint density at radius 2 is 1.69 bits per heavy atom. The molecular formula is C26H29N3O3. The fourth-order valence-electron chi connectivity index (χ4n) is 4.63. The van der Waals surface area contributed by atoms with E-state index in [1.165, 1.54) is 0 Å². The van der Waals surface area contributed by atoms with Crippen molar-refractivity contribution in [1.82, 2.24) is 15.0 Å². The van der Waals surface area contributed by atoms with Crippen LogP contribution in [0.5, 0.6) is 0 Å². The van der Waals surface area contributed by atoms with E-state index < -0.39 is 5.54 Å². The molecule has 0 spiro atoms. The van der Waals surface area contributed by atoms with Crippen LogP contribution in [-0.4, -0.2) is 51.9 Å². The number of amides is 2. The van der Waals surface area contributed by atoms with Crippen LogP contribution in [0.3, 0.4) is 0 Å². The van der Waals surface area contributed by atoms with E-state index in [1.807, 2.05) is 73.3 Å². The Hall–Kier alpha value is -3.41. The van der Waals surface area contributed by atoms with Crippen LogP contribution in [0.15, 0.2) is 71.3 Å². The summed E-state index contributed by atoms with van der Waals surface area (Å²) in [5.41, 5.74) is 1.29. The maximum atomic E-state index is 13.8. The first kappa shape index (κ1) is 21.8. The van der Waals surface area contributed by atoms with Crippen molar-refractivity contribution in [3.63, 3.8) is 0 Å². The van der Waals surface area contributed by atoms with Gasteiger partial charge in [-0.15, -0.1) is 0 Å². The zero-order valence-corrected chi connectivity index (χ0v) is 18.7. The molecule has 166 valence electrons. The third-order valence-corrected chi connectivity index (χ3v) is 6.30. The Morgan fingerprint density at radius 3 is 2.34 bits per heavy atom. The van der Waals surface area contributed by atoms with E-state index >= 15 is 0 Å². The van der Waals surface area contributed by atoms with Crippen molar-refractivity contribution in [3.8, 4) is 11.3 Å². The number of hydrogen-bond acceptors (Lipinski definition) is 4. The summed E-state index contributed by atoms with van der Waals surface area (Å²) in [6.07, 6.45) is 1.67. The van der Waals surface area contributed by atoms with Crippen molar-refractivity contribution in [1.29, 1.82) is 0 Å². The Kier molecular flexibility index (Phi) is 6.40. The minimum atomic E-state index is -0.980. The molecule has 0 unspecified atom stereocenters. The van der Waals surface area contributed by atoms with E-state index in [-0.39, 0.29) is 11.8 Å². The van der Waals surface area contributed by atoms with E-state index in [2.05, 4.69) is 5.16 Å². The lowest BCUT2D eigenvalue weighted by Crippen LogP contribution is -2.59. The lowest BCUT2D eigenvalue weighted by Gasteiger charge is -2.40. The van der Waals surface area contributed by atoms with Gasteiger partial charge in [0.05, 0.1) is 0 Å². The highest BCUT2D eigenvalue weighted by Gasteiger charge is 2.51. The summed E-state index contributed by atoms with van der Waals surface area (Å²) >= 11 is 0. The monoisotopic (exact) mass is 431 g/mol. The average Bonchev–Trinajstić information content (AvgIpc) is 3.48. The van der Waals surface area contributed by atoms with Gasteiger partial charge in [-0.05, 0) is 38.8 Å². The smallest absolute Gasteiger partial charge is 0.254 e. The number of likely N-dealkylation sites (tertiary alicyclic amines) is 1. The van der Waals surface area contributed by atoms with Crippen molar-refractivity contribution in [3.05, 3.63) is 78.1 Å². The average molecular weight is 432 g/mol. The topological polar surface area (TPSA) is 66.7 Å². The van der Waals surface area contributed by atoms with Crippen molar-refractivity contribution >= 4 is 11.8 Å². The fourth-order valence-corrected chi connectivity index (χ4v) is 4.63. The summed E-state index contributed by atoms with van der Waals surface area (Å²) in [5.74, 6) is 0.463. The Balaban J connectivity index is 1.71. The molecule has 2 amide bonds. The van der Waals surface area contributed by atoms with Gasteiger partial charge < -0.3 is 14.3 Å². The number of likely N-dealkylation sites (N-methyl/N-ethyl adjacent to an activating group) is 1. The number of aromatic nitrogens is 1. The molecular weight excluding hydrogens is 402 g/mol. The summed E-state index contributed by atoms with van der Waals surface area (Å²) in [6.45, 7) is 5.66. The van der Waals surface area contributed by atoms with Crippen molar-refractivity contribution in [2.45, 2.75) is 38.6 Å². The minimum Gasteiger partial charge on any atom is -0.361 e. The Morgan fingerprint density at radius 1 is 1.03 bits per heavy atom. The number of benzene rings is 2. The van der Waals surface area contributed by atoms with Crippen LogP contribution in [0.2, 0.25) is 0 Å². The molecule has 1 fully saturated rings. The number of hydrogen-bond donors (Lipinski definition) is 0. The molecule has 4 rings (SSSR count). The van der Waals surface area contributed by atoms with Gasteiger partial charge in [0.1, 0.15) is 17.0 Å². The number of carbonyl (C=O) groups is 2. The molecule has 1 aromatic heterocycles. The predicted molar refractivity (Wildman–Crippen MR) is 123 cm³/mol. The second kappa shape index (κ2) is 9.39. The van der Waals surface area contributed by atoms with Gasteiger partial charge in [-0.25, -0.2) is 0 Å². The first-order valence-electron chi connectivity index (χ1n) is 11.3. The summed E-state index contributed by atoms with van der Waals surface area (Å²) in [5, 5.41) is 4.23. The van der Waals surface area contributed by atoms with Gasteiger partial charge in [0.2, 0.25) is 5.91 Å². The van der Waals surface area contributed by atoms with Crippen molar-refractivity contribution in [2.24, 2.45) is 0 Å². The van der Waals surface area contributed by atoms with E-state index in [0.717, 1.165) is 17.7 Å². The van der Waals surface area contributed by atoms with Gasteiger partial charge >= 0.3 is 0 Å². The van der Waals surface area contributed by atoms with Crippen LogP contribution in [0, 0.1) is 0 Å². The van der Waals surface area contributed by atoms with E-state index in [4.69, 9.17) is 4.52 Å². The highest BCUT2D eigenvalue weighted by Crippen LogP contribution is 2.37. The third-order valence-electron chi connectivity index (χ3n) is 6.30. The maximum absolute atomic E-state index is 13.8. The molecule has 0 N–H and O–H groups in total. The Labute approximate surface area is 188 Å². The number of carbonyl (C=O) groups excluding carboxylic acids is 2. The summed E-state index contributed by atoms with van der Waals surface area (Å²) < 4.78 is 5.68. The van der Waals surface area contributed by atoms with Crippen LogP contribution in [0.25, 0.3) is 11.3 Å². The van der Waals surface area contributed by atoms with E-state index in [9.17, 15) is 9.59 Å². The number of rotatable bonds is 7. The highest BCUT2D eigenvalue weighted by molar-refractivity contribution is 6.00. The minimum absolute atomic E-state index is 0.0260. The van der Waals surface area contributed by atoms with Crippen LogP contribution in [0.4, 0.5) is 0 Å². The molecule has 1 aliphatic rings. The molecule has 0 radical (unpaired) electrons. The second-order valence-electron chi connectivity index (χ2n) is 8.16. The molecule has 3 aromatic rings. The van der Waals surface area contributed by atoms with Gasteiger partial charge in [0.15, 0.2) is 0 Å².